The SMILES string of the molecule is CC(C)CN1CC[N]CC1c1cccc(Cl)c1. The molecule has 1 aliphatic heterocycles. The zero-order chi connectivity index (χ0) is 12.3. The maximum absolute atomic E-state index is 6.07. The molecule has 1 radical (unpaired) electrons. The van der Waals surface area contributed by atoms with Crippen LogP contribution in [0.3, 0.4) is 0 Å². The Balaban J connectivity index is 2.15. The van der Waals surface area contributed by atoms with Gasteiger partial charge >= 0.3 is 0 Å². The van der Waals surface area contributed by atoms with E-state index in [1.165, 1.54) is 5.56 Å². The fraction of sp³-hybridized carbons (Fsp3) is 0.571. The number of piperazine rings is 1. The van der Waals surface area contributed by atoms with Crippen molar-refractivity contribution in [3.63, 3.8) is 0 Å². The Morgan fingerprint density at radius 1 is 1.47 bits per heavy atom. The van der Waals surface area contributed by atoms with E-state index < -0.39 is 0 Å². The third-order valence-corrected chi connectivity index (χ3v) is 3.36. The molecular weight excluding hydrogens is 232 g/mol. The highest BCUT2D eigenvalue weighted by Crippen LogP contribution is 2.25. The summed E-state index contributed by atoms with van der Waals surface area (Å²) in [6.07, 6.45) is 0. The zero-order valence-corrected chi connectivity index (χ0v) is 11.3. The van der Waals surface area contributed by atoms with E-state index in [4.69, 9.17) is 11.6 Å². The largest absolute Gasteiger partial charge is 0.293 e. The van der Waals surface area contributed by atoms with Crippen molar-refractivity contribution in [2.45, 2.75) is 19.9 Å². The lowest BCUT2D eigenvalue weighted by Gasteiger charge is -2.36. The fourth-order valence-electron chi connectivity index (χ4n) is 2.40. The van der Waals surface area contributed by atoms with Gasteiger partial charge in [0.15, 0.2) is 0 Å². The Hall–Kier alpha value is -0.570. The molecule has 1 fully saturated rings. The summed E-state index contributed by atoms with van der Waals surface area (Å²) in [7, 11) is 0. The highest BCUT2D eigenvalue weighted by atomic mass is 35.5. The summed E-state index contributed by atoms with van der Waals surface area (Å²) >= 11 is 6.07. The monoisotopic (exact) mass is 251 g/mol. The van der Waals surface area contributed by atoms with Gasteiger partial charge in [0.1, 0.15) is 0 Å². The van der Waals surface area contributed by atoms with Gasteiger partial charge in [-0.25, -0.2) is 5.32 Å². The number of benzene rings is 1. The molecule has 2 rings (SSSR count). The standard InChI is InChI=1S/C14H20ClN2/c1-11(2)10-17-7-6-16-9-14(17)12-4-3-5-13(15)8-12/h3-5,8,11,14H,6-7,9-10H2,1-2H3. The van der Waals surface area contributed by atoms with E-state index in [0.29, 0.717) is 12.0 Å². The summed E-state index contributed by atoms with van der Waals surface area (Å²) in [5.41, 5.74) is 1.29. The minimum absolute atomic E-state index is 0.407. The molecule has 0 aliphatic carbocycles. The van der Waals surface area contributed by atoms with E-state index in [0.717, 1.165) is 31.2 Å². The normalized spacial score (nSPS) is 22.0. The highest BCUT2D eigenvalue weighted by Gasteiger charge is 2.24. The van der Waals surface area contributed by atoms with Gasteiger partial charge in [0.25, 0.3) is 0 Å². The van der Waals surface area contributed by atoms with Gasteiger partial charge in [-0.1, -0.05) is 37.6 Å². The number of nitrogens with zero attached hydrogens (tertiary/aromatic N) is 2. The van der Waals surface area contributed by atoms with Gasteiger partial charge in [-0.15, -0.1) is 0 Å². The molecule has 1 aromatic rings. The van der Waals surface area contributed by atoms with E-state index in [1.54, 1.807) is 0 Å². The Kier molecular flexibility index (Phi) is 4.43. The van der Waals surface area contributed by atoms with Crippen LogP contribution >= 0.6 is 11.6 Å². The maximum atomic E-state index is 6.07. The Morgan fingerprint density at radius 2 is 2.29 bits per heavy atom. The second kappa shape index (κ2) is 5.85. The number of hydrogen-bond donors (Lipinski definition) is 0. The highest BCUT2D eigenvalue weighted by molar-refractivity contribution is 6.30. The van der Waals surface area contributed by atoms with Crippen molar-refractivity contribution in [2.24, 2.45) is 5.92 Å². The van der Waals surface area contributed by atoms with Crippen LogP contribution in [0.4, 0.5) is 0 Å². The molecule has 0 aromatic heterocycles. The van der Waals surface area contributed by atoms with Crippen molar-refractivity contribution in [1.29, 1.82) is 0 Å². The van der Waals surface area contributed by atoms with E-state index in [1.807, 2.05) is 12.1 Å². The van der Waals surface area contributed by atoms with Crippen molar-refractivity contribution in [2.75, 3.05) is 26.2 Å². The third-order valence-electron chi connectivity index (χ3n) is 3.12. The van der Waals surface area contributed by atoms with Crippen LogP contribution in [0.1, 0.15) is 25.5 Å². The summed E-state index contributed by atoms with van der Waals surface area (Å²) in [6.45, 7) is 8.58. The predicted octanol–water partition coefficient (Wildman–Crippen LogP) is 2.96. The average Bonchev–Trinajstić information content (AvgIpc) is 2.29. The van der Waals surface area contributed by atoms with Gasteiger partial charge in [-0.05, 0) is 23.6 Å². The minimum atomic E-state index is 0.407. The molecule has 1 aromatic carbocycles. The van der Waals surface area contributed by atoms with Crippen molar-refractivity contribution in [3.8, 4) is 0 Å². The molecule has 93 valence electrons. The molecule has 1 saturated heterocycles. The first-order valence-electron chi connectivity index (χ1n) is 6.29. The van der Waals surface area contributed by atoms with Crippen molar-refractivity contribution >= 4 is 11.6 Å². The molecule has 2 nitrogen and oxygen atoms in total. The summed E-state index contributed by atoms with van der Waals surface area (Å²) in [6, 6.07) is 8.59. The Bertz CT molecular complexity index is 365. The minimum Gasteiger partial charge on any atom is -0.293 e. The third kappa shape index (κ3) is 3.44. The van der Waals surface area contributed by atoms with Crippen LogP contribution in [0, 0.1) is 5.92 Å². The first kappa shape index (κ1) is 12.9. The summed E-state index contributed by atoms with van der Waals surface area (Å²) < 4.78 is 0. The number of rotatable bonds is 3. The van der Waals surface area contributed by atoms with Crippen molar-refractivity contribution in [1.82, 2.24) is 10.2 Å². The van der Waals surface area contributed by atoms with Gasteiger partial charge in [-0.3, -0.25) is 4.90 Å². The lowest BCUT2D eigenvalue weighted by Crippen LogP contribution is -2.44. The van der Waals surface area contributed by atoms with Crippen LogP contribution in [0.5, 0.6) is 0 Å². The molecule has 0 bridgehead atoms. The lowest BCUT2D eigenvalue weighted by atomic mass is 10.0. The van der Waals surface area contributed by atoms with Crippen LogP contribution in [0.25, 0.3) is 0 Å². The summed E-state index contributed by atoms with van der Waals surface area (Å²) in [4.78, 5) is 2.53. The van der Waals surface area contributed by atoms with Crippen LogP contribution < -0.4 is 5.32 Å². The topological polar surface area (TPSA) is 17.3 Å². The Labute approximate surface area is 109 Å². The van der Waals surface area contributed by atoms with Crippen LogP contribution in [-0.4, -0.2) is 31.1 Å². The van der Waals surface area contributed by atoms with Gasteiger partial charge < -0.3 is 0 Å². The molecule has 17 heavy (non-hydrogen) atoms. The van der Waals surface area contributed by atoms with Crippen molar-refractivity contribution in [3.05, 3.63) is 34.9 Å². The lowest BCUT2D eigenvalue weighted by molar-refractivity contribution is 0.143. The first-order chi connectivity index (χ1) is 8.16. The summed E-state index contributed by atoms with van der Waals surface area (Å²) in [5, 5.41) is 5.35. The zero-order valence-electron chi connectivity index (χ0n) is 10.6. The second-order valence-electron chi connectivity index (χ2n) is 5.09. The first-order valence-corrected chi connectivity index (χ1v) is 6.67. The van der Waals surface area contributed by atoms with Gasteiger partial charge in [0.05, 0.1) is 0 Å². The number of hydrogen-bond acceptors (Lipinski definition) is 1. The van der Waals surface area contributed by atoms with Crippen molar-refractivity contribution < 1.29 is 0 Å². The molecule has 0 amide bonds. The molecule has 3 heteroatoms. The molecule has 1 atom stereocenters. The quantitative estimate of drug-likeness (QED) is 0.808. The van der Waals surface area contributed by atoms with Crippen LogP contribution in [0.2, 0.25) is 5.02 Å². The fourth-order valence-corrected chi connectivity index (χ4v) is 2.60. The number of halogens is 1. The predicted molar refractivity (Wildman–Crippen MR) is 72.5 cm³/mol. The smallest absolute Gasteiger partial charge is 0.0490 e. The molecule has 1 heterocycles. The second-order valence-corrected chi connectivity index (χ2v) is 5.53. The molecule has 0 saturated carbocycles. The van der Waals surface area contributed by atoms with Gasteiger partial charge in [0, 0.05) is 37.2 Å². The molecular formula is C14H20ClN2. The Morgan fingerprint density at radius 3 is 3.00 bits per heavy atom. The van der Waals surface area contributed by atoms with E-state index in [9.17, 15) is 0 Å². The van der Waals surface area contributed by atoms with E-state index in [2.05, 4.69) is 36.2 Å². The van der Waals surface area contributed by atoms with Crippen LogP contribution in [0.15, 0.2) is 24.3 Å². The molecule has 0 N–H and O–H groups in total. The van der Waals surface area contributed by atoms with Gasteiger partial charge in [0.2, 0.25) is 0 Å². The van der Waals surface area contributed by atoms with Crippen LogP contribution in [-0.2, 0) is 0 Å². The average molecular weight is 252 g/mol. The molecule has 0 spiro atoms. The maximum Gasteiger partial charge on any atom is 0.0490 e. The molecule has 1 unspecified atom stereocenters. The van der Waals surface area contributed by atoms with E-state index >= 15 is 0 Å². The summed E-state index contributed by atoms with van der Waals surface area (Å²) in [5.74, 6) is 0.690. The van der Waals surface area contributed by atoms with E-state index in [-0.39, 0.29) is 0 Å². The van der Waals surface area contributed by atoms with Gasteiger partial charge in [-0.2, -0.15) is 0 Å². The molecule has 1 aliphatic rings.